The van der Waals surface area contributed by atoms with Gasteiger partial charge in [-0.15, -0.1) is 0 Å². The van der Waals surface area contributed by atoms with Gasteiger partial charge >= 0.3 is 5.97 Å². The van der Waals surface area contributed by atoms with Crippen molar-refractivity contribution < 1.29 is 14.3 Å². The van der Waals surface area contributed by atoms with Crippen LogP contribution in [0.4, 0.5) is 0 Å². The van der Waals surface area contributed by atoms with E-state index >= 15 is 0 Å². The highest BCUT2D eigenvalue weighted by atomic mass is 16.5. The molecule has 0 saturated heterocycles. The maximum absolute atomic E-state index is 11.9. The zero-order valence-corrected chi connectivity index (χ0v) is 9.85. The summed E-state index contributed by atoms with van der Waals surface area (Å²) in [6.45, 7) is 1.09. The van der Waals surface area contributed by atoms with Crippen molar-refractivity contribution >= 4 is 5.97 Å². The Bertz CT molecular complexity index is 255. The van der Waals surface area contributed by atoms with Gasteiger partial charge < -0.3 is 15.2 Å². The van der Waals surface area contributed by atoms with Crippen molar-refractivity contribution in [2.45, 2.75) is 31.7 Å². The molecule has 2 aliphatic carbocycles. The Morgan fingerprint density at radius 3 is 2.69 bits per heavy atom. The highest BCUT2D eigenvalue weighted by Gasteiger charge is 2.49. The molecule has 0 heterocycles. The van der Waals surface area contributed by atoms with Crippen LogP contribution >= 0.6 is 0 Å². The molecule has 4 atom stereocenters. The normalized spacial score (nSPS) is 36.6. The molecule has 2 N–H and O–H groups in total. The molecular weight excluding hydrogens is 206 g/mol. The van der Waals surface area contributed by atoms with Crippen LogP contribution < -0.4 is 5.73 Å². The second-order valence-electron chi connectivity index (χ2n) is 4.95. The highest BCUT2D eigenvalue weighted by Crippen LogP contribution is 2.47. The first-order valence-electron chi connectivity index (χ1n) is 6.15. The van der Waals surface area contributed by atoms with E-state index in [1.807, 2.05) is 0 Å². The Hall–Kier alpha value is -0.610. The topological polar surface area (TPSA) is 61.5 Å². The van der Waals surface area contributed by atoms with Crippen LogP contribution in [-0.2, 0) is 14.3 Å². The molecule has 16 heavy (non-hydrogen) atoms. The van der Waals surface area contributed by atoms with E-state index in [1.165, 1.54) is 6.42 Å². The molecule has 2 aliphatic rings. The van der Waals surface area contributed by atoms with Crippen LogP contribution in [0.25, 0.3) is 0 Å². The van der Waals surface area contributed by atoms with Gasteiger partial charge in [-0.1, -0.05) is 0 Å². The number of esters is 1. The first-order chi connectivity index (χ1) is 7.74. The zero-order valence-electron chi connectivity index (χ0n) is 9.85. The summed E-state index contributed by atoms with van der Waals surface area (Å²) in [5.74, 6) is 0.911. The molecule has 0 spiro atoms. The summed E-state index contributed by atoms with van der Waals surface area (Å²) < 4.78 is 10.2. The maximum atomic E-state index is 11.9. The molecule has 0 aromatic rings. The number of hydrogen-bond acceptors (Lipinski definition) is 4. The van der Waals surface area contributed by atoms with Crippen LogP contribution in [0.1, 0.15) is 25.7 Å². The average molecular weight is 227 g/mol. The molecule has 0 aromatic heterocycles. The minimum Gasteiger partial charge on any atom is -0.465 e. The predicted octanol–water partition coefficient (Wildman–Crippen LogP) is 0.940. The monoisotopic (exact) mass is 227 g/mol. The van der Waals surface area contributed by atoms with Crippen molar-refractivity contribution in [3.8, 4) is 0 Å². The number of ether oxygens (including phenoxy) is 2. The standard InChI is InChI=1S/C12H21NO3/c1-15-5-2-6-16-12(14)10-8-3-4-9(7-8)11(10)13/h8-11H,2-7,13H2,1H3. The lowest BCUT2D eigenvalue weighted by molar-refractivity contribution is -0.151. The first kappa shape index (κ1) is 11.9. The van der Waals surface area contributed by atoms with Crippen LogP contribution in [0, 0.1) is 17.8 Å². The van der Waals surface area contributed by atoms with E-state index in [2.05, 4.69) is 0 Å². The Kier molecular flexibility index (Phi) is 3.82. The van der Waals surface area contributed by atoms with Crippen molar-refractivity contribution in [1.29, 1.82) is 0 Å². The Morgan fingerprint density at radius 1 is 1.31 bits per heavy atom. The molecule has 0 aliphatic heterocycles. The van der Waals surface area contributed by atoms with Gasteiger partial charge in [0.1, 0.15) is 0 Å². The quantitative estimate of drug-likeness (QED) is 0.561. The average Bonchev–Trinajstić information content (AvgIpc) is 2.84. The first-order valence-corrected chi connectivity index (χ1v) is 6.15. The van der Waals surface area contributed by atoms with Crippen LogP contribution in [0.5, 0.6) is 0 Å². The SMILES string of the molecule is COCCCOC(=O)C1C2CCC(C2)C1N. The second-order valence-corrected chi connectivity index (χ2v) is 4.95. The van der Waals surface area contributed by atoms with Crippen molar-refractivity contribution in [1.82, 2.24) is 0 Å². The third kappa shape index (κ3) is 2.23. The Balaban J connectivity index is 1.77. The lowest BCUT2D eigenvalue weighted by Crippen LogP contribution is -2.41. The summed E-state index contributed by atoms with van der Waals surface area (Å²) in [6.07, 6.45) is 4.23. The van der Waals surface area contributed by atoms with Crippen LogP contribution in [0.15, 0.2) is 0 Å². The van der Waals surface area contributed by atoms with Gasteiger partial charge in [0.25, 0.3) is 0 Å². The van der Waals surface area contributed by atoms with E-state index in [1.54, 1.807) is 7.11 Å². The van der Waals surface area contributed by atoms with Gasteiger partial charge in [-0.25, -0.2) is 0 Å². The summed E-state index contributed by atoms with van der Waals surface area (Å²) >= 11 is 0. The van der Waals surface area contributed by atoms with Gasteiger partial charge in [-0.3, -0.25) is 4.79 Å². The van der Waals surface area contributed by atoms with E-state index in [0.717, 1.165) is 19.3 Å². The van der Waals surface area contributed by atoms with Crippen LogP contribution in [0.3, 0.4) is 0 Å². The molecule has 2 rings (SSSR count). The van der Waals surface area contributed by atoms with Gasteiger partial charge in [-0.05, 0) is 31.1 Å². The lowest BCUT2D eigenvalue weighted by atomic mass is 9.85. The molecule has 0 radical (unpaired) electrons. The molecule has 2 saturated carbocycles. The molecule has 2 bridgehead atoms. The third-order valence-electron chi connectivity index (χ3n) is 3.99. The smallest absolute Gasteiger partial charge is 0.310 e. The van der Waals surface area contributed by atoms with Gasteiger partial charge in [0, 0.05) is 26.2 Å². The van der Waals surface area contributed by atoms with E-state index in [9.17, 15) is 4.79 Å². The fraction of sp³-hybridized carbons (Fsp3) is 0.917. The molecule has 0 aromatic carbocycles. The number of hydrogen-bond donors (Lipinski definition) is 1. The maximum Gasteiger partial charge on any atom is 0.310 e. The zero-order chi connectivity index (χ0) is 11.5. The summed E-state index contributed by atoms with van der Waals surface area (Å²) in [5, 5.41) is 0. The minimum atomic E-state index is -0.0872. The van der Waals surface area contributed by atoms with E-state index in [0.29, 0.717) is 25.0 Å². The lowest BCUT2D eigenvalue weighted by Gasteiger charge is -2.26. The minimum absolute atomic E-state index is 0.0358. The fourth-order valence-corrected chi connectivity index (χ4v) is 3.16. The molecule has 0 amide bonds. The molecule has 92 valence electrons. The van der Waals surface area contributed by atoms with Gasteiger partial charge in [0.05, 0.1) is 12.5 Å². The number of carbonyl (C=O) groups excluding carboxylic acids is 1. The fourth-order valence-electron chi connectivity index (χ4n) is 3.16. The van der Waals surface area contributed by atoms with Crippen molar-refractivity contribution in [3.63, 3.8) is 0 Å². The number of nitrogens with two attached hydrogens (primary N) is 1. The third-order valence-corrected chi connectivity index (χ3v) is 3.99. The molecule has 2 fully saturated rings. The molecule has 4 unspecified atom stereocenters. The van der Waals surface area contributed by atoms with E-state index in [-0.39, 0.29) is 17.9 Å². The summed E-state index contributed by atoms with van der Waals surface area (Å²) in [5.41, 5.74) is 6.07. The van der Waals surface area contributed by atoms with Crippen molar-refractivity contribution in [2.75, 3.05) is 20.3 Å². The van der Waals surface area contributed by atoms with E-state index in [4.69, 9.17) is 15.2 Å². The van der Waals surface area contributed by atoms with Crippen LogP contribution in [-0.4, -0.2) is 32.3 Å². The van der Waals surface area contributed by atoms with Crippen molar-refractivity contribution in [3.05, 3.63) is 0 Å². The Labute approximate surface area is 96.5 Å². The Morgan fingerprint density at radius 2 is 2.06 bits per heavy atom. The highest BCUT2D eigenvalue weighted by molar-refractivity contribution is 5.74. The number of methoxy groups -OCH3 is 1. The number of rotatable bonds is 5. The number of fused-ring (bicyclic) bond motifs is 2. The van der Waals surface area contributed by atoms with Gasteiger partial charge in [-0.2, -0.15) is 0 Å². The summed E-state index contributed by atoms with van der Waals surface area (Å²) in [6, 6.07) is 0.0358. The summed E-state index contributed by atoms with van der Waals surface area (Å²) in [4.78, 5) is 11.9. The van der Waals surface area contributed by atoms with Gasteiger partial charge in [0.2, 0.25) is 0 Å². The number of carbonyl (C=O) groups is 1. The molecule has 4 nitrogen and oxygen atoms in total. The van der Waals surface area contributed by atoms with E-state index < -0.39 is 0 Å². The predicted molar refractivity (Wildman–Crippen MR) is 59.7 cm³/mol. The molecular formula is C12H21NO3. The largest absolute Gasteiger partial charge is 0.465 e. The van der Waals surface area contributed by atoms with Crippen LogP contribution in [0.2, 0.25) is 0 Å². The second kappa shape index (κ2) is 5.15. The van der Waals surface area contributed by atoms with Crippen molar-refractivity contribution in [2.24, 2.45) is 23.5 Å². The summed E-state index contributed by atoms with van der Waals surface area (Å²) in [7, 11) is 1.65. The molecule has 4 heteroatoms. The van der Waals surface area contributed by atoms with Gasteiger partial charge in [0.15, 0.2) is 0 Å².